The zero-order valence-corrected chi connectivity index (χ0v) is 16.5. The SMILES string of the molecule is CC(C)(C(=O)N1CCN(S(=O)(=O)c2c(F)cccc2F)CC1)c1ccccc1. The fourth-order valence-corrected chi connectivity index (χ4v) is 4.89. The van der Waals surface area contributed by atoms with Crippen molar-refractivity contribution in [3.8, 4) is 0 Å². The molecule has 1 saturated heterocycles. The highest BCUT2D eigenvalue weighted by molar-refractivity contribution is 7.89. The summed E-state index contributed by atoms with van der Waals surface area (Å²) >= 11 is 0. The Hall–Kier alpha value is -2.32. The van der Waals surface area contributed by atoms with Crippen LogP contribution in [0.5, 0.6) is 0 Å². The maximum Gasteiger partial charge on any atom is 0.249 e. The highest BCUT2D eigenvalue weighted by Gasteiger charge is 2.38. The van der Waals surface area contributed by atoms with Crippen LogP contribution in [0, 0.1) is 11.6 Å². The van der Waals surface area contributed by atoms with Crippen molar-refractivity contribution in [3.63, 3.8) is 0 Å². The third-order valence-corrected chi connectivity index (χ3v) is 7.02. The summed E-state index contributed by atoms with van der Waals surface area (Å²) in [7, 11) is -4.31. The molecule has 8 heteroatoms. The number of carbonyl (C=O) groups is 1. The summed E-state index contributed by atoms with van der Waals surface area (Å²) in [6.45, 7) is 3.92. The first-order chi connectivity index (χ1) is 13.2. The Kier molecular flexibility index (Phi) is 5.54. The lowest BCUT2D eigenvalue weighted by molar-refractivity contribution is -0.137. The molecule has 1 aliphatic rings. The van der Waals surface area contributed by atoms with Crippen LogP contribution < -0.4 is 0 Å². The van der Waals surface area contributed by atoms with Crippen LogP contribution in [0.15, 0.2) is 53.4 Å². The monoisotopic (exact) mass is 408 g/mol. The predicted octanol–water partition coefficient (Wildman–Crippen LogP) is 2.78. The van der Waals surface area contributed by atoms with Crippen LogP contribution in [0.25, 0.3) is 0 Å². The molecule has 5 nitrogen and oxygen atoms in total. The summed E-state index contributed by atoms with van der Waals surface area (Å²) in [4.78, 5) is 13.6. The van der Waals surface area contributed by atoms with E-state index >= 15 is 0 Å². The lowest BCUT2D eigenvalue weighted by atomic mass is 9.83. The van der Waals surface area contributed by atoms with Crippen LogP contribution in [-0.4, -0.2) is 49.7 Å². The Labute approximate surface area is 163 Å². The van der Waals surface area contributed by atoms with Crippen molar-refractivity contribution < 1.29 is 22.0 Å². The average Bonchev–Trinajstić information content (AvgIpc) is 2.68. The minimum Gasteiger partial charge on any atom is -0.339 e. The third kappa shape index (κ3) is 3.66. The topological polar surface area (TPSA) is 57.7 Å². The van der Waals surface area contributed by atoms with Gasteiger partial charge in [0.1, 0.15) is 11.6 Å². The normalized spacial score (nSPS) is 16.2. The number of rotatable bonds is 4. The van der Waals surface area contributed by atoms with Crippen LogP contribution in [0.2, 0.25) is 0 Å². The number of hydrogen-bond acceptors (Lipinski definition) is 3. The molecule has 1 fully saturated rings. The zero-order chi connectivity index (χ0) is 20.5. The highest BCUT2D eigenvalue weighted by atomic mass is 32.2. The van der Waals surface area contributed by atoms with Gasteiger partial charge in [-0.3, -0.25) is 4.79 Å². The van der Waals surface area contributed by atoms with E-state index in [0.717, 1.165) is 28.1 Å². The number of halogens is 2. The standard InChI is InChI=1S/C20H22F2N2O3S/c1-20(2,15-7-4-3-5-8-15)19(25)23-11-13-24(14-12-23)28(26,27)18-16(21)9-6-10-17(18)22/h3-10H,11-14H2,1-2H3. The summed E-state index contributed by atoms with van der Waals surface area (Å²) in [5.41, 5.74) is 0.100. The van der Waals surface area contributed by atoms with E-state index in [0.29, 0.717) is 0 Å². The molecule has 1 aliphatic heterocycles. The van der Waals surface area contributed by atoms with E-state index < -0.39 is 32.0 Å². The lowest BCUT2D eigenvalue weighted by Gasteiger charge is -2.38. The highest BCUT2D eigenvalue weighted by Crippen LogP contribution is 2.28. The molecule has 0 aliphatic carbocycles. The first kappa shape index (κ1) is 20.4. The molecule has 2 aromatic carbocycles. The van der Waals surface area contributed by atoms with E-state index in [1.807, 2.05) is 44.2 Å². The lowest BCUT2D eigenvalue weighted by Crippen LogP contribution is -2.54. The van der Waals surface area contributed by atoms with E-state index in [4.69, 9.17) is 0 Å². The van der Waals surface area contributed by atoms with Crippen molar-refractivity contribution in [3.05, 3.63) is 65.7 Å². The Morgan fingerprint density at radius 3 is 1.96 bits per heavy atom. The Morgan fingerprint density at radius 1 is 0.893 bits per heavy atom. The van der Waals surface area contributed by atoms with Gasteiger partial charge in [-0.05, 0) is 31.5 Å². The van der Waals surface area contributed by atoms with Crippen molar-refractivity contribution in [2.45, 2.75) is 24.2 Å². The average molecular weight is 408 g/mol. The van der Waals surface area contributed by atoms with Crippen molar-refractivity contribution in [1.82, 2.24) is 9.21 Å². The van der Waals surface area contributed by atoms with Gasteiger partial charge in [-0.15, -0.1) is 0 Å². The fraction of sp³-hybridized carbons (Fsp3) is 0.350. The molecule has 0 N–H and O–H groups in total. The number of benzene rings is 2. The van der Waals surface area contributed by atoms with Gasteiger partial charge < -0.3 is 4.90 Å². The maximum atomic E-state index is 13.9. The van der Waals surface area contributed by atoms with Gasteiger partial charge in [0, 0.05) is 26.2 Å². The summed E-state index contributed by atoms with van der Waals surface area (Å²) in [5, 5.41) is 0. The van der Waals surface area contributed by atoms with Crippen LogP contribution in [0.1, 0.15) is 19.4 Å². The second kappa shape index (κ2) is 7.60. The Balaban J connectivity index is 1.75. The molecule has 0 radical (unpaired) electrons. The predicted molar refractivity (Wildman–Crippen MR) is 101 cm³/mol. The van der Waals surface area contributed by atoms with E-state index in [1.165, 1.54) is 0 Å². The molecule has 2 aromatic rings. The second-order valence-electron chi connectivity index (χ2n) is 7.24. The number of sulfonamides is 1. The number of carbonyl (C=O) groups excluding carboxylic acids is 1. The zero-order valence-electron chi connectivity index (χ0n) is 15.7. The quantitative estimate of drug-likeness (QED) is 0.782. The van der Waals surface area contributed by atoms with Crippen LogP contribution >= 0.6 is 0 Å². The van der Waals surface area contributed by atoms with E-state index in [2.05, 4.69) is 0 Å². The minimum absolute atomic E-state index is 0.0211. The molecular weight excluding hydrogens is 386 g/mol. The largest absolute Gasteiger partial charge is 0.339 e. The molecular formula is C20H22F2N2O3S. The first-order valence-corrected chi connectivity index (χ1v) is 10.4. The van der Waals surface area contributed by atoms with E-state index in [-0.39, 0.29) is 32.1 Å². The van der Waals surface area contributed by atoms with Gasteiger partial charge in [-0.2, -0.15) is 4.31 Å². The van der Waals surface area contributed by atoms with Crippen molar-refractivity contribution in [2.24, 2.45) is 0 Å². The Morgan fingerprint density at radius 2 is 1.43 bits per heavy atom. The molecule has 0 bridgehead atoms. The molecule has 3 rings (SSSR count). The van der Waals surface area contributed by atoms with Gasteiger partial charge >= 0.3 is 0 Å². The minimum atomic E-state index is -4.31. The maximum absolute atomic E-state index is 13.9. The summed E-state index contributed by atoms with van der Waals surface area (Å²) in [6.07, 6.45) is 0. The molecule has 1 amide bonds. The van der Waals surface area contributed by atoms with Gasteiger partial charge in [0.15, 0.2) is 4.90 Å². The molecule has 0 unspecified atom stereocenters. The summed E-state index contributed by atoms with van der Waals surface area (Å²) in [5.74, 6) is -2.36. The molecule has 150 valence electrons. The van der Waals surface area contributed by atoms with Crippen LogP contribution in [-0.2, 0) is 20.2 Å². The number of piperazine rings is 1. The number of nitrogens with zero attached hydrogens (tertiary/aromatic N) is 2. The molecule has 0 aromatic heterocycles. The van der Waals surface area contributed by atoms with E-state index in [9.17, 15) is 22.0 Å². The molecule has 0 spiro atoms. The second-order valence-corrected chi connectivity index (χ2v) is 9.11. The van der Waals surface area contributed by atoms with Crippen LogP contribution in [0.4, 0.5) is 8.78 Å². The first-order valence-electron chi connectivity index (χ1n) is 8.95. The fourth-order valence-electron chi connectivity index (χ4n) is 3.36. The number of amides is 1. The van der Waals surface area contributed by atoms with Gasteiger partial charge in [0.25, 0.3) is 0 Å². The van der Waals surface area contributed by atoms with Crippen molar-refractivity contribution in [1.29, 1.82) is 0 Å². The van der Waals surface area contributed by atoms with Crippen molar-refractivity contribution >= 4 is 15.9 Å². The molecule has 0 saturated carbocycles. The molecule has 0 atom stereocenters. The number of hydrogen-bond donors (Lipinski definition) is 0. The van der Waals surface area contributed by atoms with Gasteiger partial charge in [0.2, 0.25) is 15.9 Å². The smallest absolute Gasteiger partial charge is 0.249 e. The molecule has 1 heterocycles. The Bertz CT molecular complexity index is 950. The van der Waals surface area contributed by atoms with Crippen LogP contribution in [0.3, 0.4) is 0 Å². The summed E-state index contributed by atoms with van der Waals surface area (Å²) in [6, 6.07) is 12.3. The molecule has 28 heavy (non-hydrogen) atoms. The van der Waals surface area contributed by atoms with E-state index in [1.54, 1.807) is 4.90 Å². The summed E-state index contributed by atoms with van der Waals surface area (Å²) < 4.78 is 54.2. The third-order valence-electron chi connectivity index (χ3n) is 5.07. The van der Waals surface area contributed by atoms with Gasteiger partial charge in [0.05, 0.1) is 5.41 Å². The van der Waals surface area contributed by atoms with Crippen molar-refractivity contribution in [2.75, 3.05) is 26.2 Å². The van der Waals surface area contributed by atoms with Gasteiger partial charge in [-0.25, -0.2) is 17.2 Å². The van der Waals surface area contributed by atoms with Gasteiger partial charge in [-0.1, -0.05) is 36.4 Å².